The van der Waals surface area contributed by atoms with E-state index in [1.54, 1.807) is 50.2 Å². The zero-order valence-electron chi connectivity index (χ0n) is 14.0. The number of carbonyl (C=O) groups is 3. The first kappa shape index (κ1) is 18.2. The number of ether oxygens (including phenoxy) is 1. The molecule has 1 amide bonds. The number of rotatable bonds is 6. The number of aliphatic carboxylic acids is 1. The van der Waals surface area contributed by atoms with Crippen molar-refractivity contribution in [3.8, 4) is 11.1 Å². The maximum absolute atomic E-state index is 12.4. The van der Waals surface area contributed by atoms with Crippen LogP contribution in [0.25, 0.3) is 11.1 Å². The summed E-state index contributed by atoms with van der Waals surface area (Å²) in [6.45, 7) is 3.37. The van der Waals surface area contributed by atoms with Crippen molar-refractivity contribution < 1.29 is 24.2 Å². The molecule has 0 spiro atoms. The van der Waals surface area contributed by atoms with Crippen molar-refractivity contribution in [2.45, 2.75) is 13.8 Å². The zero-order valence-corrected chi connectivity index (χ0v) is 14.0. The summed E-state index contributed by atoms with van der Waals surface area (Å²) in [5.41, 5.74) is 2.98. The Morgan fingerprint density at radius 2 is 1.76 bits per heavy atom. The van der Waals surface area contributed by atoms with E-state index in [0.717, 1.165) is 11.1 Å². The van der Waals surface area contributed by atoms with Crippen molar-refractivity contribution >= 4 is 17.8 Å². The van der Waals surface area contributed by atoms with Crippen LogP contribution >= 0.6 is 0 Å². The zero-order chi connectivity index (χ0) is 18.4. The summed E-state index contributed by atoms with van der Waals surface area (Å²) >= 11 is 0. The molecule has 0 radical (unpaired) electrons. The standard InChI is InChI=1S/C19H19NO5/c1-3-25-19(24)14-9-7-13(8-10-14)15-6-4-5-12(2)17(15)18(23)20-11-16(21)22/h4-10H,3,11H2,1-2H3,(H,20,23)(H,21,22). The fourth-order valence-electron chi connectivity index (χ4n) is 2.45. The van der Waals surface area contributed by atoms with Crippen LogP contribution in [-0.4, -0.2) is 36.1 Å². The van der Waals surface area contributed by atoms with Gasteiger partial charge in [0.2, 0.25) is 0 Å². The van der Waals surface area contributed by atoms with Crippen molar-refractivity contribution in [1.29, 1.82) is 0 Å². The second-order valence-corrected chi connectivity index (χ2v) is 5.37. The fraction of sp³-hybridized carbons (Fsp3) is 0.211. The Morgan fingerprint density at radius 1 is 1.08 bits per heavy atom. The van der Waals surface area contributed by atoms with Gasteiger partial charge in [-0.05, 0) is 42.7 Å². The number of carboxylic acid groups (broad SMARTS) is 1. The van der Waals surface area contributed by atoms with Gasteiger partial charge in [0.1, 0.15) is 6.54 Å². The molecule has 2 aromatic rings. The van der Waals surface area contributed by atoms with Gasteiger partial charge >= 0.3 is 11.9 Å². The Hall–Kier alpha value is -3.15. The average molecular weight is 341 g/mol. The van der Waals surface area contributed by atoms with Gasteiger partial charge in [-0.15, -0.1) is 0 Å². The predicted molar refractivity (Wildman–Crippen MR) is 92.5 cm³/mol. The van der Waals surface area contributed by atoms with E-state index in [1.165, 1.54) is 0 Å². The first-order valence-corrected chi connectivity index (χ1v) is 7.81. The van der Waals surface area contributed by atoms with E-state index in [9.17, 15) is 14.4 Å². The minimum atomic E-state index is -1.11. The van der Waals surface area contributed by atoms with E-state index >= 15 is 0 Å². The van der Waals surface area contributed by atoms with Gasteiger partial charge in [0.15, 0.2) is 0 Å². The highest BCUT2D eigenvalue weighted by molar-refractivity contribution is 6.03. The molecule has 0 aromatic heterocycles. The van der Waals surface area contributed by atoms with Crippen LogP contribution in [0.1, 0.15) is 33.2 Å². The van der Waals surface area contributed by atoms with Crippen LogP contribution in [0.5, 0.6) is 0 Å². The molecular formula is C19H19NO5. The van der Waals surface area contributed by atoms with E-state index in [1.807, 2.05) is 6.07 Å². The highest BCUT2D eigenvalue weighted by Gasteiger charge is 2.16. The fourth-order valence-corrected chi connectivity index (χ4v) is 2.45. The van der Waals surface area contributed by atoms with Crippen molar-refractivity contribution in [3.63, 3.8) is 0 Å². The number of nitrogens with one attached hydrogen (secondary N) is 1. The van der Waals surface area contributed by atoms with Gasteiger partial charge in [-0.2, -0.15) is 0 Å². The van der Waals surface area contributed by atoms with E-state index in [-0.39, 0.29) is 0 Å². The molecule has 0 saturated carbocycles. The Bertz CT molecular complexity index is 796. The third-order valence-corrected chi connectivity index (χ3v) is 3.61. The first-order valence-electron chi connectivity index (χ1n) is 7.81. The molecule has 6 nitrogen and oxygen atoms in total. The molecule has 0 saturated heterocycles. The molecule has 0 unspecified atom stereocenters. The van der Waals surface area contributed by atoms with Gasteiger partial charge in [-0.1, -0.05) is 30.3 Å². The molecule has 0 heterocycles. The average Bonchev–Trinajstić information content (AvgIpc) is 2.59. The molecule has 2 aromatic carbocycles. The van der Waals surface area contributed by atoms with Gasteiger partial charge in [0.05, 0.1) is 17.7 Å². The maximum atomic E-state index is 12.4. The second kappa shape index (κ2) is 8.10. The molecule has 130 valence electrons. The van der Waals surface area contributed by atoms with Crippen LogP contribution in [0.15, 0.2) is 42.5 Å². The summed E-state index contributed by atoms with van der Waals surface area (Å²) in [7, 11) is 0. The number of aryl methyl sites for hydroxylation is 1. The van der Waals surface area contributed by atoms with Crippen LogP contribution < -0.4 is 5.32 Å². The molecule has 6 heteroatoms. The van der Waals surface area contributed by atoms with Crippen molar-refractivity contribution in [2.75, 3.05) is 13.2 Å². The normalized spacial score (nSPS) is 10.2. The van der Waals surface area contributed by atoms with Gasteiger partial charge < -0.3 is 15.2 Å². The second-order valence-electron chi connectivity index (χ2n) is 5.37. The minimum absolute atomic E-state index is 0.298. The SMILES string of the molecule is CCOC(=O)c1ccc(-c2cccc(C)c2C(=O)NCC(=O)O)cc1. The molecule has 2 rings (SSSR count). The summed E-state index contributed by atoms with van der Waals surface area (Å²) in [5.74, 6) is -1.97. The number of carbonyl (C=O) groups excluding carboxylic acids is 2. The van der Waals surface area contributed by atoms with E-state index < -0.39 is 24.4 Å². The Kier molecular flexibility index (Phi) is 5.89. The Morgan fingerprint density at radius 3 is 2.36 bits per heavy atom. The van der Waals surface area contributed by atoms with E-state index in [4.69, 9.17) is 9.84 Å². The molecule has 0 aliphatic rings. The third-order valence-electron chi connectivity index (χ3n) is 3.61. The summed E-state index contributed by atoms with van der Waals surface area (Å²) < 4.78 is 4.95. The number of hydrogen-bond acceptors (Lipinski definition) is 4. The number of amides is 1. The lowest BCUT2D eigenvalue weighted by atomic mass is 9.94. The predicted octanol–water partition coefficient (Wildman–Crippen LogP) is 2.65. The highest BCUT2D eigenvalue weighted by atomic mass is 16.5. The number of esters is 1. The molecule has 0 atom stereocenters. The molecule has 0 bridgehead atoms. The van der Waals surface area contributed by atoms with Crippen LogP contribution in [0.4, 0.5) is 0 Å². The Balaban J connectivity index is 2.36. The lowest BCUT2D eigenvalue weighted by molar-refractivity contribution is -0.135. The van der Waals surface area contributed by atoms with Crippen LogP contribution in [0.2, 0.25) is 0 Å². The molecular weight excluding hydrogens is 322 g/mol. The smallest absolute Gasteiger partial charge is 0.338 e. The summed E-state index contributed by atoms with van der Waals surface area (Å²) in [5, 5.41) is 11.1. The highest BCUT2D eigenvalue weighted by Crippen LogP contribution is 2.26. The number of hydrogen-bond donors (Lipinski definition) is 2. The van der Waals surface area contributed by atoms with Crippen LogP contribution in [0.3, 0.4) is 0 Å². The van der Waals surface area contributed by atoms with Crippen LogP contribution in [-0.2, 0) is 9.53 Å². The van der Waals surface area contributed by atoms with Crippen molar-refractivity contribution in [1.82, 2.24) is 5.32 Å². The van der Waals surface area contributed by atoms with Crippen molar-refractivity contribution in [2.24, 2.45) is 0 Å². The van der Waals surface area contributed by atoms with Gasteiger partial charge in [-0.3, -0.25) is 9.59 Å². The summed E-state index contributed by atoms with van der Waals surface area (Å²) in [4.78, 5) is 34.8. The summed E-state index contributed by atoms with van der Waals surface area (Å²) in [6.07, 6.45) is 0. The first-order chi connectivity index (χ1) is 11.9. The molecule has 2 N–H and O–H groups in total. The van der Waals surface area contributed by atoms with Gasteiger partial charge in [-0.25, -0.2) is 4.79 Å². The Labute approximate surface area is 145 Å². The molecule has 25 heavy (non-hydrogen) atoms. The molecule has 0 fully saturated rings. The minimum Gasteiger partial charge on any atom is -0.480 e. The number of carboxylic acids is 1. The van der Waals surface area contributed by atoms with Gasteiger partial charge in [0.25, 0.3) is 5.91 Å². The molecule has 0 aliphatic carbocycles. The van der Waals surface area contributed by atoms with E-state index in [0.29, 0.717) is 23.3 Å². The monoisotopic (exact) mass is 341 g/mol. The lowest BCUT2D eigenvalue weighted by Gasteiger charge is -2.13. The molecule has 0 aliphatic heterocycles. The van der Waals surface area contributed by atoms with E-state index in [2.05, 4.69) is 5.32 Å². The van der Waals surface area contributed by atoms with Crippen molar-refractivity contribution in [3.05, 3.63) is 59.2 Å². The van der Waals surface area contributed by atoms with Gasteiger partial charge in [0, 0.05) is 0 Å². The third kappa shape index (κ3) is 4.44. The summed E-state index contributed by atoms with van der Waals surface area (Å²) in [6, 6.07) is 12.1. The lowest BCUT2D eigenvalue weighted by Crippen LogP contribution is -2.30. The topological polar surface area (TPSA) is 92.7 Å². The number of benzene rings is 2. The maximum Gasteiger partial charge on any atom is 0.338 e. The quantitative estimate of drug-likeness (QED) is 0.788. The largest absolute Gasteiger partial charge is 0.480 e. The van der Waals surface area contributed by atoms with Crippen LogP contribution in [0, 0.1) is 6.92 Å².